The molecule has 1 fully saturated rings. The summed E-state index contributed by atoms with van der Waals surface area (Å²) in [6.07, 6.45) is 4.52. The van der Waals surface area contributed by atoms with Gasteiger partial charge >= 0.3 is 12.6 Å². The minimum Gasteiger partial charge on any atom is -0.444 e. The number of anilines is 1. The van der Waals surface area contributed by atoms with Gasteiger partial charge in [-0.15, -0.1) is 0 Å². The molecular formula is C20H26ClF2N5O2. The number of pyridine rings is 1. The van der Waals surface area contributed by atoms with E-state index in [1.165, 1.54) is 12.4 Å². The molecule has 1 amide bonds. The number of hydrogen-bond acceptors (Lipinski definition) is 5. The summed E-state index contributed by atoms with van der Waals surface area (Å²) in [5.41, 5.74) is 1.46. The smallest absolute Gasteiger partial charge is 0.407 e. The Labute approximate surface area is 179 Å². The highest BCUT2D eigenvalue weighted by Crippen LogP contribution is 2.35. The van der Waals surface area contributed by atoms with E-state index >= 15 is 0 Å². The molecule has 1 saturated heterocycles. The van der Waals surface area contributed by atoms with Gasteiger partial charge in [-0.05, 0) is 39.2 Å². The first-order chi connectivity index (χ1) is 14.0. The summed E-state index contributed by atoms with van der Waals surface area (Å²) in [5.74, 6) is 0.134. The fourth-order valence-electron chi connectivity index (χ4n) is 3.53. The standard InChI is InChI=1S/C20H26ClF2N5O2/c1-12-10-27(6-5-15(12)26-19(29)30-20(2,3)4)16-7-17(21)24-9-14(16)13-8-25-28(11-13)18(22)23/h7-9,11-12,15,18H,5-6,10H2,1-4H3,(H,26,29)/t12-,15+/m1/s1. The Kier molecular flexibility index (Phi) is 6.50. The number of rotatable bonds is 4. The highest BCUT2D eigenvalue weighted by Gasteiger charge is 2.30. The van der Waals surface area contributed by atoms with Crippen LogP contribution in [0.5, 0.6) is 0 Å². The molecule has 2 atom stereocenters. The molecule has 0 spiro atoms. The maximum atomic E-state index is 12.9. The quantitative estimate of drug-likeness (QED) is 0.694. The number of halogens is 3. The Morgan fingerprint density at radius 2 is 2.10 bits per heavy atom. The van der Waals surface area contributed by atoms with Crippen LogP contribution in [0.2, 0.25) is 5.15 Å². The van der Waals surface area contributed by atoms with Crippen LogP contribution < -0.4 is 10.2 Å². The predicted octanol–water partition coefficient (Wildman–Crippen LogP) is 4.73. The summed E-state index contributed by atoms with van der Waals surface area (Å²) in [5, 5.41) is 6.98. The van der Waals surface area contributed by atoms with E-state index in [9.17, 15) is 13.6 Å². The lowest BCUT2D eigenvalue weighted by molar-refractivity contribution is 0.0480. The number of nitrogens with one attached hydrogen (secondary N) is 1. The number of carbonyl (C=O) groups excluding carboxylic acids is 1. The number of alkyl halides is 2. The Bertz CT molecular complexity index is 900. The third-order valence-corrected chi connectivity index (χ3v) is 5.12. The lowest BCUT2D eigenvalue weighted by atomic mass is 9.93. The summed E-state index contributed by atoms with van der Waals surface area (Å²) in [6.45, 7) is 6.11. The number of nitrogens with zero attached hydrogens (tertiary/aromatic N) is 4. The number of carbonyl (C=O) groups is 1. The molecule has 10 heteroatoms. The zero-order valence-electron chi connectivity index (χ0n) is 17.4. The molecule has 2 aromatic heterocycles. The maximum absolute atomic E-state index is 12.9. The molecule has 2 aromatic rings. The summed E-state index contributed by atoms with van der Waals surface area (Å²) in [4.78, 5) is 18.4. The molecule has 7 nitrogen and oxygen atoms in total. The Hall–Kier alpha value is -2.42. The summed E-state index contributed by atoms with van der Waals surface area (Å²) < 4.78 is 31.8. The first-order valence-corrected chi connectivity index (χ1v) is 10.1. The monoisotopic (exact) mass is 441 g/mol. The van der Waals surface area contributed by atoms with Gasteiger partial charge in [-0.3, -0.25) is 0 Å². The van der Waals surface area contributed by atoms with Crippen LogP contribution >= 0.6 is 11.6 Å². The van der Waals surface area contributed by atoms with E-state index in [0.29, 0.717) is 40.5 Å². The second kappa shape index (κ2) is 8.75. The highest BCUT2D eigenvalue weighted by molar-refractivity contribution is 6.29. The normalized spacial score (nSPS) is 19.8. The van der Waals surface area contributed by atoms with Gasteiger partial charge in [0.2, 0.25) is 0 Å². The van der Waals surface area contributed by atoms with E-state index in [2.05, 4.69) is 20.3 Å². The molecule has 3 rings (SSSR count). The van der Waals surface area contributed by atoms with E-state index in [4.69, 9.17) is 16.3 Å². The van der Waals surface area contributed by atoms with E-state index in [1.54, 1.807) is 12.3 Å². The third kappa shape index (κ3) is 5.38. The predicted molar refractivity (Wildman–Crippen MR) is 111 cm³/mol. The Morgan fingerprint density at radius 1 is 1.37 bits per heavy atom. The second-order valence-corrected chi connectivity index (χ2v) is 8.86. The number of amides is 1. The van der Waals surface area contributed by atoms with Crippen LogP contribution in [0.25, 0.3) is 11.1 Å². The van der Waals surface area contributed by atoms with Crippen molar-refractivity contribution in [2.75, 3.05) is 18.0 Å². The molecule has 0 aliphatic carbocycles. The number of hydrogen-bond donors (Lipinski definition) is 1. The van der Waals surface area contributed by atoms with Crippen molar-refractivity contribution in [2.45, 2.75) is 52.3 Å². The minimum absolute atomic E-state index is 0.0292. The third-order valence-electron chi connectivity index (χ3n) is 4.91. The molecular weight excluding hydrogens is 416 g/mol. The lowest BCUT2D eigenvalue weighted by Crippen LogP contribution is -2.51. The van der Waals surface area contributed by atoms with Crippen molar-refractivity contribution >= 4 is 23.4 Å². The van der Waals surface area contributed by atoms with Crippen molar-refractivity contribution < 1.29 is 18.3 Å². The van der Waals surface area contributed by atoms with Gasteiger partial charge in [-0.1, -0.05) is 18.5 Å². The van der Waals surface area contributed by atoms with Crippen LogP contribution in [-0.4, -0.2) is 45.6 Å². The molecule has 3 heterocycles. The number of piperidine rings is 1. The zero-order chi connectivity index (χ0) is 22.1. The van der Waals surface area contributed by atoms with Crippen LogP contribution in [0.15, 0.2) is 24.7 Å². The Balaban J connectivity index is 1.76. The number of ether oxygens (including phenoxy) is 1. The second-order valence-electron chi connectivity index (χ2n) is 8.48. The van der Waals surface area contributed by atoms with Gasteiger partial charge in [0.15, 0.2) is 0 Å². The molecule has 0 saturated carbocycles. The molecule has 0 radical (unpaired) electrons. The first-order valence-electron chi connectivity index (χ1n) is 9.76. The molecule has 0 unspecified atom stereocenters. The van der Waals surface area contributed by atoms with Gasteiger partial charge in [-0.25, -0.2) is 14.5 Å². The van der Waals surface area contributed by atoms with Crippen molar-refractivity contribution in [3.63, 3.8) is 0 Å². The average molecular weight is 442 g/mol. The highest BCUT2D eigenvalue weighted by atomic mass is 35.5. The van der Waals surface area contributed by atoms with Crippen molar-refractivity contribution in [3.05, 3.63) is 29.8 Å². The fourth-order valence-corrected chi connectivity index (χ4v) is 3.68. The van der Waals surface area contributed by atoms with Crippen LogP contribution in [0.4, 0.5) is 19.3 Å². The van der Waals surface area contributed by atoms with E-state index in [0.717, 1.165) is 5.69 Å². The molecule has 0 aromatic carbocycles. The Morgan fingerprint density at radius 3 is 2.70 bits per heavy atom. The van der Waals surface area contributed by atoms with Gasteiger partial charge in [0.1, 0.15) is 10.8 Å². The fraction of sp³-hybridized carbons (Fsp3) is 0.550. The van der Waals surface area contributed by atoms with Crippen molar-refractivity contribution in [1.29, 1.82) is 0 Å². The van der Waals surface area contributed by atoms with Crippen LogP contribution in [0.1, 0.15) is 40.7 Å². The molecule has 1 N–H and O–H groups in total. The van der Waals surface area contributed by atoms with Gasteiger partial charge in [0.25, 0.3) is 0 Å². The summed E-state index contributed by atoms with van der Waals surface area (Å²) in [6, 6.07) is 1.70. The van der Waals surface area contributed by atoms with Crippen molar-refractivity contribution in [1.82, 2.24) is 20.1 Å². The zero-order valence-corrected chi connectivity index (χ0v) is 18.2. The molecule has 30 heavy (non-hydrogen) atoms. The summed E-state index contributed by atoms with van der Waals surface area (Å²) >= 11 is 6.12. The van der Waals surface area contributed by atoms with Gasteiger partial charge < -0.3 is 15.0 Å². The molecule has 0 bridgehead atoms. The van der Waals surface area contributed by atoms with Crippen LogP contribution in [0, 0.1) is 5.92 Å². The molecule has 164 valence electrons. The van der Waals surface area contributed by atoms with Gasteiger partial charge in [0.05, 0.1) is 6.20 Å². The van der Waals surface area contributed by atoms with E-state index in [-0.39, 0.29) is 12.0 Å². The number of aromatic nitrogens is 3. The van der Waals surface area contributed by atoms with Crippen LogP contribution in [0.3, 0.4) is 0 Å². The lowest BCUT2D eigenvalue weighted by Gasteiger charge is -2.39. The van der Waals surface area contributed by atoms with Gasteiger partial charge in [-0.2, -0.15) is 13.9 Å². The van der Waals surface area contributed by atoms with Crippen molar-refractivity contribution in [2.24, 2.45) is 5.92 Å². The minimum atomic E-state index is -2.71. The van der Waals surface area contributed by atoms with E-state index in [1.807, 2.05) is 27.7 Å². The SMILES string of the molecule is C[C@@H]1CN(c2cc(Cl)ncc2-c2cnn(C(F)F)c2)CC[C@@H]1NC(=O)OC(C)(C)C. The molecule has 1 aliphatic rings. The van der Waals surface area contributed by atoms with Gasteiger partial charge in [0, 0.05) is 48.3 Å². The van der Waals surface area contributed by atoms with Crippen molar-refractivity contribution in [3.8, 4) is 11.1 Å². The average Bonchev–Trinajstić information content (AvgIpc) is 3.12. The number of alkyl carbamates (subject to hydrolysis) is 1. The largest absolute Gasteiger partial charge is 0.444 e. The topological polar surface area (TPSA) is 72.3 Å². The first kappa shape index (κ1) is 22.3. The van der Waals surface area contributed by atoms with E-state index < -0.39 is 18.2 Å². The summed E-state index contributed by atoms with van der Waals surface area (Å²) in [7, 11) is 0. The maximum Gasteiger partial charge on any atom is 0.407 e. The molecule has 1 aliphatic heterocycles. The van der Waals surface area contributed by atoms with Crippen LogP contribution in [-0.2, 0) is 4.74 Å².